The third kappa shape index (κ3) is 4.30. The summed E-state index contributed by atoms with van der Waals surface area (Å²) in [4.78, 5) is 0. The lowest BCUT2D eigenvalue weighted by molar-refractivity contribution is 0.211. The van der Waals surface area contributed by atoms with Gasteiger partial charge in [0.2, 0.25) is 0 Å². The number of para-hydroxylation sites is 2. The van der Waals surface area contributed by atoms with Gasteiger partial charge in [0.1, 0.15) is 5.75 Å². The second-order valence-electron chi connectivity index (χ2n) is 4.24. The molecule has 0 fully saturated rings. The highest BCUT2D eigenvalue weighted by Gasteiger charge is 2.06. The topological polar surface area (TPSA) is 41.5 Å². The van der Waals surface area contributed by atoms with Crippen LogP contribution in [0.25, 0.3) is 0 Å². The van der Waals surface area contributed by atoms with E-state index in [9.17, 15) is 5.11 Å². The lowest BCUT2D eigenvalue weighted by atomic mass is 10.2. The van der Waals surface area contributed by atoms with Gasteiger partial charge in [-0.25, -0.2) is 0 Å². The third-order valence-corrected chi connectivity index (χ3v) is 3.24. The normalized spacial score (nSPS) is 11.9. The number of aliphatic hydroxyl groups excluding tert-OH is 1. The Morgan fingerprint density at radius 3 is 2.50 bits per heavy atom. The van der Waals surface area contributed by atoms with Crippen molar-refractivity contribution in [1.29, 1.82) is 0 Å². The fourth-order valence-electron chi connectivity index (χ4n) is 1.61. The maximum Gasteiger partial charge on any atom is 0.150 e. The number of anilines is 1. The molecule has 3 nitrogen and oxygen atoms in total. The smallest absolute Gasteiger partial charge is 0.150 e. The summed E-state index contributed by atoms with van der Waals surface area (Å²) in [5, 5.41) is 13.3. The van der Waals surface area contributed by atoms with Gasteiger partial charge in [0.05, 0.1) is 17.7 Å². The van der Waals surface area contributed by atoms with Crippen LogP contribution in [0.1, 0.15) is 0 Å². The summed E-state index contributed by atoms with van der Waals surface area (Å²) in [6.45, 7) is 0.366. The molecular weight excluding hydrogens is 297 g/mol. The number of hydrogen-bond donors (Lipinski definition) is 2. The van der Waals surface area contributed by atoms with E-state index in [4.69, 9.17) is 27.9 Å². The number of benzene rings is 2. The number of aliphatic hydroxyl groups is 1. The first-order valence-corrected chi connectivity index (χ1v) is 7.10. The van der Waals surface area contributed by atoms with Crippen molar-refractivity contribution in [3.8, 4) is 11.5 Å². The Hall–Kier alpha value is -1.42. The van der Waals surface area contributed by atoms with Gasteiger partial charge in [-0.3, -0.25) is 0 Å². The van der Waals surface area contributed by atoms with Crippen molar-refractivity contribution < 1.29 is 9.84 Å². The van der Waals surface area contributed by atoms with Gasteiger partial charge in [-0.05, 0) is 36.4 Å². The molecule has 2 rings (SSSR count). The molecule has 0 spiro atoms. The Bertz CT molecular complexity index is 546. The maximum absolute atomic E-state index is 9.48. The second kappa shape index (κ2) is 7.39. The molecular formula is C15H15Cl2NO2. The molecule has 0 aliphatic heterocycles. The second-order valence-corrected chi connectivity index (χ2v) is 4.99. The van der Waals surface area contributed by atoms with Crippen molar-refractivity contribution in [2.75, 3.05) is 17.7 Å². The molecule has 5 heteroatoms. The standard InChI is InChI=1S/C15H15Cl2NO2/c16-9-12(19)10-18-14-3-1-2-4-15(14)20-13-7-5-11(17)6-8-13/h1-8,12,18-19H,9-10H2. The molecule has 0 saturated carbocycles. The van der Waals surface area contributed by atoms with Crippen molar-refractivity contribution >= 4 is 28.9 Å². The summed E-state index contributed by atoms with van der Waals surface area (Å²) in [6.07, 6.45) is -0.597. The van der Waals surface area contributed by atoms with Gasteiger partial charge in [0.25, 0.3) is 0 Å². The zero-order valence-corrected chi connectivity index (χ0v) is 12.2. The molecule has 2 N–H and O–H groups in total. The van der Waals surface area contributed by atoms with Crippen molar-refractivity contribution in [1.82, 2.24) is 0 Å². The quantitative estimate of drug-likeness (QED) is 0.788. The highest BCUT2D eigenvalue weighted by Crippen LogP contribution is 2.29. The summed E-state index contributed by atoms with van der Waals surface area (Å²) >= 11 is 11.4. The number of nitrogens with one attached hydrogen (secondary N) is 1. The molecule has 0 aliphatic carbocycles. The summed E-state index contributed by atoms with van der Waals surface area (Å²) in [6, 6.07) is 14.6. The largest absolute Gasteiger partial charge is 0.455 e. The van der Waals surface area contributed by atoms with Crippen molar-refractivity contribution in [2.45, 2.75) is 6.10 Å². The highest BCUT2D eigenvalue weighted by molar-refractivity contribution is 6.30. The first kappa shape index (κ1) is 15.0. The first-order chi connectivity index (χ1) is 9.69. The molecule has 2 aromatic rings. The molecule has 0 heterocycles. The van der Waals surface area contributed by atoms with Gasteiger partial charge in [0, 0.05) is 11.6 Å². The monoisotopic (exact) mass is 311 g/mol. The van der Waals surface area contributed by atoms with E-state index in [0.717, 1.165) is 5.69 Å². The van der Waals surface area contributed by atoms with Gasteiger partial charge in [0.15, 0.2) is 5.75 Å². The minimum Gasteiger partial charge on any atom is -0.455 e. The molecule has 0 aliphatic rings. The van der Waals surface area contributed by atoms with Crippen LogP contribution < -0.4 is 10.1 Å². The van der Waals surface area contributed by atoms with Crippen molar-refractivity contribution in [3.05, 3.63) is 53.6 Å². The molecule has 1 atom stereocenters. The summed E-state index contributed by atoms with van der Waals surface area (Å²) in [5.74, 6) is 1.56. The molecule has 106 valence electrons. The Labute approximate surface area is 128 Å². The highest BCUT2D eigenvalue weighted by atomic mass is 35.5. The van der Waals surface area contributed by atoms with Crippen molar-refractivity contribution in [3.63, 3.8) is 0 Å². The van der Waals surface area contributed by atoms with E-state index in [1.54, 1.807) is 24.3 Å². The molecule has 0 bridgehead atoms. The lowest BCUT2D eigenvalue weighted by Crippen LogP contribution is -2.20. The van der Waals surface area contributed by atoms with Gasteiger partial charge in [-0.2, -0.15) is 0 Å². The number of alkyl halides is 1. The van der Waals surface area contributed by atoms with E-state index in [-0.39, 0.29) is 5.88 Å². The van der Waals surface area contributed by atoms with Crippen LogP contribution in [0, 0.1) is 0 Å². The van der Waals surface area contributed by atoms with Crippen LogP contribution in [-0.4, -0.2) is 23.6 Å². The maximum atomic E-state index is 9.48. The van der Waals surface area contributed by atoms with Crippen LogP contribution in [0.3, 0.4) is 0 Å². The van der Waals surface area contributed by atoms with Crippen LogP contribution in [0.15, 0.2) is 48.5 Å². The molecule has 0 amide bonds. The summed E-state index contributed by atoms with van der Waals surface area (Å²) in [5.41, 5.74) is 0.798. The number of hydrogen-bond acceptors (Lipinski definition) is 3. The average molecular weight is 312 g/mol. The zero-order chi connectivity index (χ0) is 14.4. The van der Waals surface area contributed by atoms with Crippen LogP contribution in [0.2, 0.25) is 5.02 Å². The fourth-order valence-corrected chi connectivity index (χ4v) is 1.85. The van der Waals surface area contributed by atoms with Crippen LogP contribution in [0.5, 0.6) is 11.5 Å². The minimum absolute atomic E-state index is 0.188. The van der Waals surface area contributed by atoms with Gasteiger partial charge < -0.3 is 15.2 Å². The third-order valence-electron chi connectivity index (χ3n) is 2.63. The van der Waals surface area contributed by atoms with Gasteiger partial charge in [-0.1, -0.05) is 23.7 Å². The minimum atomic E-state index is -0.597. The fraction of sp³-hybridized carbons (Fsp3) is 0.200. The summed E-state index contributed by atoms with van der Waals surface area (Å²) in [7, 11) is 0. The average Bonchev–Trinajstić information content (AvgIpc) is 2.48. The SMILES string of the molecule is OC(CCl)CNc1ccccc1Oc1ccc(Cl)cc1. The Morgan fingerprint density at radius 2 is 1.80 bits per heavy atom. The van der Waals surface area contributed by atoms with Gasteiger partial charge in [-0.15, -0.1) is 11.6 Å². The van der Waals surface area contributed by atoms with Crippen molar-refractivity contribution in [2.24, 2.45) is 0 Å². The number of rotatable bonds is 6. The van der Waals surface area contributed by atoms with E-state index in [1.807, 2.05) is 24.3 Å². The van der Waals surface area contributed by atoms with E-state index in [1.165, 1.54) is 0 Å². The Balaban J connectivity index is 2.09. The molecule has 0 radical (unpaired) electrons. The predicted octanol–water partition coefficient (Wildman–Crippen LogP) is 4.14. The Kier molecular flexibility index (Phi) is 5.53. The Morgan fingerprint density at radius 1 is 1.10 bits per heavy atom. The number of ether oxygens (including phenoxy) is 1. The van der Waals surface area contributed by atoms with Gasteiger partial charge >= 0.3 is 0 Å². The first-order valence-electron chi connectivity index (χ1n) is 6.19. The molecule has 0 saturated heterocycles. The van der Waals surface area contributed by atoms with Crippen LogP contribution in [0.4, 0.5) is 5.69 Å². The lowest BCUT2D eigenvalue weighted by Gasteiger charge is -2.14. The van der Waals surface area contributed by atoms with E-state index in [0.29, 0.717) is 23.1 Å². The number of halogens is 2. The van der Waals surface area contributed by atoms with Crippen LogP contribution >= 0.6 is 23.2 Å². The summed E-state index contributed by atoms with van der Waals surface area (Å²) < 4.78 is 5.79. The van der Waals surface area contributed by atoms with Crippen LogP contribution in [-0.2, 0) is 0 Å². The van der Waals surface area contributed by atoms with E-state index >= 15 is 0 Å². The molecule has 0 aromatic heterocycles. The predicted molar refractivity (Wildman–Crippen MR) is 83.2 cm³/mol. The molecule has 1 unspecified atom stereocenters. The molecule has 2 aromatic carbocycles. The zero-order valence-electron chi connectivity index (χ0n) is 10.7. The molecule has 20 heavy (non-hydrogen) atoms. The van der Waals surface area contributed by atoms with E-state index < -0.39 is 6.10 Å². The van der Waals surface area contributed by atoms with E-state index in [2.05, 4.69) is 5.32 Å².